The molecule has 3 rings (SSSR count). The fraction of sp³-hybridized carbons (Fsp3) is 0.609. The van der Waals surface area contributed by atoms with Crippen LogP contribution < -0.4 is 16.0 Å². The predicted octanol–water partition coefficient (Wildman–Crippen LogP) is 3.63. The van der Waals surface area contributed by atoms with Crippen LogP contribution in [0.3, 0.4) is 0 Å². The topological polar surface area (TPSA) is 87.3 Å². The lowest BCUT2D eigenvalue weighted by Crippen LogP contribution is -2.44. The third-order valence-corrected chi connectivity index (χ3v) is 6.62. The van der Waals surface area contributed by atoms with Crippen molar-refractivity contribution in [1.82, 2.24) is 10.6 Å². The number of anilines is 1. The summed E-state index contributed by atoms with van der Waals surface area (Å²) >= 11 is 0. The van der Waals surface area contributed by atoms with Gasteiger partial charge in [0.25, 0.3) is 5.91 Å². The highest BCUT2D eigenvalue weighted by Crippen LogP contribution is 2.40. The van der Waals surface area contributed by atoms with Crippen LogP contribution >= 0.6 is 0 Å². The van der Waals surface area contributed by atoms with Gasteiger partial charge in [0.2, 0.25) is 0 Å². The molecule has 0 heterocycles. The van der Waals surface area contributed by atoms with E-state index in [4.69, 9.17) is 0 Å². The number of amides is 3. The Kier molecular flexibility index (Phi) is 6.60. The van der Waals surface area contributed by atoms with Gasteiger partial charge < -0.3 is 16.0 Å². The van der Waals surface area contributed by atoms with Gasteiger partial charge in [-0.2, -0.15) is 0 Å². The monoisotopic (exact) mass is 399 g/mol. The van der Waals surface area contributed by atoms with Crippen molar-refractivity contribution in [3.63, 3.8) is 0 Å². The molecule has 3 amide bonds. The molecule has 2 aliphatic rings. The summed E-state index contributed by atoms with van der Waals surface area (Å²) < 4.78 is 0. The molecule has 6 nitrogen and oxygen atoms in total. The average molecular weight is 400 g/mol. The summed E-state index contributed by atoms with van der Waals surface area (Å²) in [4.78, 5) is 37.2. The summed E-state index contributed by atoms with van der Waals surface area (Å²) in [6.45, 7) is 6.84. The van der Waals surface area contributed by atoms with E-state index >= 15 is 0 Å². The first-order valence-electron chi connectivity index (χ1n) is 10.8. The maximum Gasteiger partial charge on any atom is 0.313 e. The van der Waals surface area contributed by atoms with E-state index in [1.54, 1.807) is 24.3 Å². The molecule has 29 heavy (non-hydrogen) atoms. The second kappa shape index (κ2) is 8.97. The van der Waals surface area contributed by atoms with Crippen molar-refractivity contribution in [2.24, 2.45) is 11.3 Å². The fourth-order valence-electron chi connectivity index (χ4n) is 4.02. The SMILES string of the molecule is CCC(C)(C)C1CCC(NC(=O)C(=O)Nc2ccccc2C(=O)NC2CC2)CC1. The van der Waals surface area contributed by atoms with Gasteiger partial charge in [-0.25, -0.2) is 0 Å². The van der Waals surface area contributed by atoms with Crippen LogP contribution in [0.15, 0.2) is 24.3 Å². The van der Waals surface area contributed by atoms with E-state index in [9.17, 15) is 14.4 Å². The van der Waals surface area contributed by atoms with Gasteiger partial charge in [0, 0.05) is 12.1 Å². The quantitative estimate of drug-likeness (QED) is 0.639. The van der Waals surface area contributed by atoms with Crippen LogP contribution in [0.25, 0.3) is 0 Å². The highest BCUT2D eigenvalue weighted by molar-refractivity contribution is 6.40. The van der Waals surface area contributed by atoms with Crippen molar-refractivity contribution in [2.45, 2.75) is 77.8 Å². The largest absolute Gasteiger partial charge is 0.349 e. The highest BCUT2D eigenvalue weighted by atomic mass is 16.2. The van der Waals surface area contributed by atoms with Gasteiger partial charge >= 0.3 is 11.8 Å². The number of hydrogen-bond acceptors (Lipinski definition) is 3. The molecule has 6 heteroatoms. The van der Waals surface area contributed by atoms with Crippen LogP contribution in [0.4, 0.5) is 5.69 Å². The summed E-state index contributed by atoms with van der Waals surface area (Å²) in [5.41, 5.74) is 1.05. The Labute approximate surface area is 173 Å². The molecule has 0 unspecified atom stereocenters. The molecule has 0 spiro atoms. The van der Waals surface area contributed by atoms with Gasteiger partial charge in [-0.05, 0) is 62.0 Å². The number of benzene rings is 1. The van der Waals surface area contributed by atoms with Crippen molar-refractivity contribution in [1.29, 1.82) is 0 Å². The molecule has 0 aliphatic heterocycles. The van der Waals surface area contributed by atoms with Crippen molar-refractivity contribution in [3.8, 4) is 0 Å². The first kappa shape index (κ1) is 21.3. The molecule has 2 aliphatic carbocycles. The number of para-hydroxylation sites is 1. The number of nitrogens with one attached hydrogen (secondary N) is 3. The van der Waals surface area contributed by atoms with Crippen LogP contribution in [0.1, 0.15) is 76.1 Å². The van der Waals surface area contributed by atoms with Gasteiger partial charge in [-0.15, -0.1) is 0 Å². The molecule has 1 aromatic rings. The summed E-state index contributed by atoms with van der Waals surface area (Å²) in [5.74, 6) is -0.930. The Bertz CT molecular complexity index is 762. The molecule has 0 bridgehead atoms. The summed E-state index contributed by atoms with van der Waals surface area (Å²) in [7, 11) is 0. The number of carbonyl (C=O) groups is 3. The van der Waals surface area contributed by atoms with Crippen molar-refractivity contribution in [2.75, 3.05) is 5.32 Å². The minimum Gasteiger partial charge on any atom is -0.349 e. The van der Waals surface area contributed by atoms with Crippen LogP contribution in [-0.2, 0) is 9.59 Å². The van der Waals surface area contributed by atoms with Gasteiger partial charge in [-0.1, -0.05) is 39.3 Å². The number of carbonyl (C=O) groups excluding carboxylic acids is 3. The van der Waals surface area contributed by atoms with E-state index in [1.165, 1.54) is 0 Å². The Hall–Kier alpha value is -2.37. The maximum atomic E-state index is 12.4. The standard InChI is InChI=1S/C23H33N3O3/c1-4-23(2,3)15-9-11-16(12-10-15)25-21(28)22(29)26-19-8-6-5-7-18(19)20(27)24-17-13-14-17/h5-8,15-17H,4,9-14H2,1-3H3,(H,24,27)(H,25,28)(H,26,29). The smallest absolute Gasteiger partial charge is 0.313 e. The molecule has 0 radical (unpaired) electrons. The highest BCUT2D eigenvalue weighted by Gasteiger charge is 2.33. The fourth-order valence-corrected chi connectivity index (χ4v) is 4.02. The average Bonchev–Trinajstić information content (AvgIpc) is 3.52. The number of rotatable bonds is 6. The second-order valence-corrected chi connectivity index (χ2v) is 9.11. The van der Waals surface area contributed by atoms with E-state index in [2.05, 4.69) is 36.7 Å². The maximum absolute atomic E-state index is 12.4. The molecule has 0 aromatic heterocycles. The van der Waals surface area contributed by atoms with Gasteiger partial charge in [0.1, 0.15) is 0 Å². The van der Waals surface area contributed by atoms with Crippen LogP contribution in [0.5, 0.6) is 0 Å². The Balaban J connectivity index is 1.53. The predicted molar refractivity (Wildman–Crippen MR) is 114 cm³/mol. The van der Waals surface area contributed by atoms with Crippen LogP contribution in [-0.4, -0.2) is 29.8 Å². The van der Waals surface area contributed by atoms with E-state index in [0.717, 1.165) is 44.9 Å². The molecular formula is C23H33N3O3. The molecule has 3 N–H and O–H groups in total. The zero-order valence-electron chi connectivity index (χ0n) is 17.7. The van der Waals surface area contributed by atoms with Crippen molar-refractivity contribution < 1.29 is 14.4 Å². The zero-order chi connectivity index (χ0) is 21.0. The van der Waals surface area contributed by atoms with E-state index in [1.807, 2.05) is 0 Å². The normalized spacial score (nSPS) is 21.9. The third-order valence-electron chi connectivity index (χ3n) is 6.62. The Morgan fingerprint density at radius 1 is 0.897 bits per heavy atom. The zero-order valence-corrected chi connectivity index (χ0v) is 17.7. The van der Waals surface area contributed by atoms with Crippen LogP contribution in [0.2, 0.25) is 0 Å². The second-order valence-electron chi connectivity index (χ2n) is 9.11. The molecule has 0 atom stereocenters. The summed E-state index contributed by atoms with van der Waals surface area (Å²) in [6, 6.07) is 7.03. The van der Waals surface area contributed by atoms with Crippen LogP contribution in [0, 0.1) is 11.3 Å². The molecular weight excluding hydrogens is 366 g/mol. The summed E-state index contributed by atoms with van der Waals surface area (Å²) in [5, 5.41) is 8.38. The summed E-state index contributed by atoms with van der Waals surface area (Å²) in [6.07, 6.45) is 7.04. The lowest BCUT2D eigenvalue weighted by Gasteiger charge is -2.39. The van der Waals surface area contributed by atoms with Gasteiger partial charge in [0.05, 0.1) is 11.3 Å². The van der Waals surface area contributed by atoms with Crippen molar-refractivity contribution in [3.05, 3.63) is 29.8 Å². The van der Waals surface area contributed by atoms with E-state index < -0.39 is 11.8 Å². The molecule has 1 aromatic carbocycles. The van der Waals surface area contributed by atoms with Crippen molar-refractivity contribution >= 4 is 23.4 Å². The number of hydrogen-bond donors (Lipinski definition) is 3. The first-order valence-corrected chi connectivity index (χ1v) is 10.8. The minimum absolute atomic E-state index is 0.0329. The Morgan fingerprint density at radius 2 is 1.48 bits per heavy atom. The van der Waals surface area contributed by atoms with E-state index in [-0.39, 0.29) is 18.0 Å². The molecule has 2 saturated carbocycles. The lowest BCUT2D eigenvalue weighted by atomic mass is 9.69. The molecule has 158 valence electrons. The molecule has 0 saturated heterocycles. The Morgan fingerprint density at radius 3 is 2.10 bits per heavy atom. The first-order chi connectivity index (χ1) is 13.8. The lowest BCUT2D eigenvalue weighted by molar-refractivity contribution is -0.136. The third kappa shape index (κ3) is 5.58. The van der Waals surface area contributed by atoms with Gasteiger partial charge in [-0.3, -0.25) is 14.4 Å². The van der Waals surface area contributed by atoms with Gasteiger partial charge in [0.15, 0.2) is 0 Å². The van der Waals surface area contributed by atoms with E-state index in [0.29, 0.717) is 22.6 Å². The molecule has 2 fully saturated rings. The minimum atomic E-state index is -0.729.